The lowest BCUT2D eigenvalue weighted by Gasteiger charge is -2.36. The third-order valence-corrected chi connectivity index (χ3v) is 3.50. The molecule has 2 atom stereocenters. The van der Waals surface area contributed by atoms with Crippen molar-refractivity contribution in [3.63, 3.8) is 0 Å². The van der Waals surface area contributed by atoms with Crippen molar-refractivity contribution < 1.29 is 19.4 Å². The molecule has 1 saturated heterocycles. The number of nitrogens with zero attached hydrogens (tertiary/aromatic N) is 1. The monoisotopic (exact) mass is 257 g/mol. The van der Waals surface area contributed by atoms with Crippen LogP contribution in [0.15, 0.2) is 0 Å². The minimum absolute atomic E-state index is 0.0828. The topological polar surface area (TPSA) is 66.8 Å². The molecule has 0 bridgehead atoms. The summed E-state index contributed by atoms with van der Waals surface area (Å²) in [5.74, 6) is -0.710. The number of ether oxygens (including phenoxy) is 1. The van der Waals surface area contributed by atoms with E-state index in [1.165, 1.54) is 0 Å². The predicted molar refractivity (Wildman–Crippen MR) is 67.3 cm³/mol. The highest BCUT2D eigenvalue weighted by molar-refractivity contribution is 5.77. The first-order chi connectivity index (χ1) is 8.54. The van der Waals surface area contributed by atoms with Crippen LogP contribution in [-0.4, -0.2) is 47.7 Å². The van der Waals surface area contributed by atoms with Crippen LogP contribution < -0.4 is 0 Å². The first kappa shape index (κ1) is 15.0. The maximum atomic E-state index is 12.1. The van der Waals surface area contributed by atoms with E-state index in [4.69, 9.17) is 9.84 Å². The van der Waals surface area contributed by atoms with Crippen molar-refractivity contribution in [2.24, 2.45) is 0 Å². The molecular formula is C13H23NO4. The van der Waals surface area contributed by atoms with Crippen LogP contribution in [0, 0.1) is 0 Å². The van der Waals surface area contributed by atoms with Gasteiger partial charge in [0.2, 0.25) is 5.91 Å². The second kappa shape index (κ2) is 7.36. The zero-order chi connectivity index (χ0) is 13.5. The van der Waals surface area contributed by atoms with Gasteiger partial charge < -0.3 is 14.7 Å². The van der Waals surface area contributed by atoms with Crippen LogP contribution in [0.4, 0.5) is 0 Å². The third kappa shape index (κ3) is 4.64. The molecule has 1 rings (SSSR count). The minimum atomic E-state index is -0.793. The number of carbonyl (C=O) groups excluding carboxylic acids is 1. The molecule has 1 N–H and O–H groups in total. The number of hydrogen-bond donors (Lipinski definition) is 1. The minimum Gasteiger partial charge on any atom is -0.481 e. The van der Waals surface area contributed by atoms with Crippen LogP contribution in [-0.2, 0) is 14.3 Å². The van der Waals surface area contributed by atoms with Crippen molar-refractivity contribution in [3.8, 4) is 0 Å². The molecule has 104 valence electrons. The van der Waals surface area contributed by atoms with Crippen molar-refractivity contribution in [2.75, 3.05) is 13.7 Å². The van der Waals surface area contributed by atoms with Gasteiger partial charge in [0, 0.05) is 26.1 Å². The Kier molecular flexibility index (Phi) is 6.12. The van der Waals surface area contributed by atoms with Gasteiger partial charge in [0.25, 0.3) is 0 Å². The molecule has 1 fully saturated rings. The maximum absolute atomic E-state index is 12.1. The smallest absolute Gasteiger partial charge is 0.303 e. The van der Waals surface area contributed by atoms with Crippen molar-refractivity contribution in [1.82, 2.24) is 4.90 Å². The number of amides is 1. The molecule has 0 aromatic carbocycles. The highest BCUT2D eigenvalue weighted by Gasteiger charge is 2.27. The first-order valence-corrected chi connectivity index (χ1v) is 6.58. The van der Waals surface area contributed by atoms with Gasteiger partial charge in [-0.2, -0.15) is 0 Å². The van der Waals surface area contributed by atoms with Crippen LogP contribution in [0.2, 0.25) is 0 Å². The van der Waals surface area contributed by atoms with E-state index < -0.39 is 5.97 Å². The average Bonchev–Trinajstić information content (AvgIpc) is 2.36. The molecule has 1 aliphatic heterocycles. The van der Waals surface area contributed by atoms with Gasteiger partial charge in [-0.05, 0) is 32.6 Å². The van der Waals surface area contributed by atoms with Gasteiger partial charge in [0.15, 0.2) is 0 Å². The summed E-state index contributed by atoms with van der Waals surface area (Å²) in [6.07, 6.45) is 3.99. The second-order valence-corrected chi connectivity index (χ2v) is 4.92. The molecule has 0 aromatic rings. The van der Waals surface area contributed by atoms with Crippen LogP contribution in [0.5, 0.6) is 0 Å². The molecule has 1 amide bonds. The Morgan fingerprint density at radius 1 is 1.44 bits per heavy atom. The number of likely N-dealkylation sites (tertiary alicyclic amines) is 1. The van der Waals surface area contributed by atoms with E-state index in [0.29, 0.717) is 12.8 Å². The summed E-state index contributed by atoms with van der Waals surface area (Å²) in [4.78, 5) is 24.6. The van der Waals surface area contributed by atoms with Gasteiger partial charge in [-0.3, -0.25) is 9.59 Å². The summed E-state index contributed by atoms with van der Waals surface area (Å²) in [5, 5.41) is 8.73. The molecule has 5 heteroatoms. The van der Waals surface area contributed by atoms with Crippen molar-refractivity contribution in [2.45, 2.75) is 57.6 Å². The van der Waals surface area contributed by atoms with E-state index in [1.54, 1.807) is 7.11 Å². The average molecular weight is 257 g/mol. The number of carbonyl (C=O) groups is 2. The number of carboxylic acid groups (broad SMARTS) is 1. The molecule has 0 unspecified atom stereocenters. The van der Waals surface area contributed by atoms with Crippen LogP contribution in [0.1, 0.15) is 45.4 Å². The maximum Gasteiger partial charge on any atom is 0.303 e. The summed E-state index contributed by atoms with van der Waals surface area (Å²) in [7, 11) is 1.59. The number of rotatable bonds is 6. The molecular weight excluding hydrogens is 234 g/mol. The van der Waals surface area contributed by atoms with Gasteiger partial charge in [-0.1, -0.05) is 0 Å². The molecule has 0 aromatic heterocycles. The molecule has 0 aliphatic carbocycles. The number of hydrogen-bond acceptors (Lipinski definition) is 3. The number of piperidine rings is 1. The summed E-state index contributed by atoms with van der Waals surface area (Å²) < 4.78 is 5.10. The van der Waals surface area contributed by atoms with Gasteiger partial charge in [0.05, 0.1) is 12.5 Å². The summed E-state index contributed by atoms with van der Waals surface area (Å²) >= 11 is 0. The third-order valence-electron chi connectivity index (χ3n) is 3.50. The Morgan fingerprint density at radius 3 is 2.78 bits per heavy atom. The number of methoxy groups -OCH3 is 1. The zero-order valence-electron chi connectivity index (χ0n) is 11.2. The molecule has 1 aliphatic rings. The van der Waals surface area contributed by atoms with Crippen molar-refractivity contribution >= 4 is 11.9 Å². The van der Waals surface area contributed by atoms with Gasteiger partial charge in [-0.15, -0.1) is 0 Å². The lowest BCUT2D eigenvalue weighted by molar-refractivity contribution is -0.141. The van der Waals surface area contributed by atoms with Crippen LogP contribution in [0.25, 0.3) is 0 Å². The fraction of sp³-hybridized carbons (Fsp3) is 0.846. The van der Waals surface area contributed by atoms with E-state index in [-0.39, 0.29) is 24.5 Å². The van der Waals surface area contributed by atoms with Crippen LogP contribution in [0.3, 0.4) is 0 Å². The second-order valence-electron chi connectivity index (χ2n) is 4.92. The molecule has 18 heavy (non-hydrogen) atoms. The highest BCUT2D eigenvalue weighted by atomic mass is 16.5. The molecule has 1 heterocycles. The fourth-order valence-corrected chi connectivity index (χ4v) is 2.37. The van der Waals surface area contributed by atoms with E-state index in [9.17, 15) is 9.59 Å². The van der Waals surface area contributed by atoms with Crippen molar-refractivity contribution in [1.29, 1.82) is 0 Å². The van der Waals surface area contributed by atoms with Crippen LogP contribution >= 0.6 is 0 Å². The Labute approximate surface area is 108 Å². The Hall–Kier alpha value is -1.10. The Balaban J connectivity index is 2.52. The fourth-order valence-electron chi connectivity index (χ4n) is 2.37. The summed E-state index contributed by atoms with van der Waals surface area (Å²) in [6.45, 7) is 2.62. The Morgan fingerprint density at radius 2 is 2.17 bits per heavy atom. The quantitative estimate of drug-likeness (QED) is 0.785. The lowest BCUT2D eigenvalue weighted by Crippen LogP contribution is -2.44. The molecule has 0 radical (unpaired) electrons. The van der Waals surface area contributed by atoms with Crippen molar-refractivity contribution in [3.05, 3.63) is 0 Å². The number of aliphatic carboxylic acids is 1. The highest BCUT2D eigenvalue weighted by Crippen LogP contribution is 2.22. The molecule has 0 saturated carbocycles. The van der Waals surface area contributed by atoms with E-state index in [2.05, 4.69) is 0 Å². The molecule has 5 nitrogen and oxygen atoms in total. The number of carboxylic acids is 1. The lowest BCUT2D eigenvalue weighted by atomic mass is 9.97. The Bertz CT molecular complexity index is 293. The zero-order valence-corrected chi connectivity index (χ0v) is 11.2. The summed E-state index contributed by atoms with van der Waals surface area (Å²) in [6, 6.07) is 0.0893. The largest absolute Gasteiger partial charge is 0.481 e. The van der Waals surface area contributed by atoms with E-state index in [1.807, 2.05) is 11.8 Å². The van der Waals surface area contributed by atoms with E-state index >= 15 is 0 Å². The summed E-state index contributed by atoms with van der Waals surface area (Å²) in [5.41, 5.74) is 0. The van der Waals surface area contributed by atoms with Gasteiger partial charge in [0.1, 0.15) is 0 Å². The first-order valence-electron chi connectivity index (χ1n) is 6.58. The normalized spacial score (nSPS) is 21.7. The van der Waals surface area contributed by atoms with E-state index in [0.717, 1.165) is 25.8 Å². The standard InChI is InChI=1S/C13H23NO4/c1-10(18-2)9-12(15)14-8-4-3-5-11(14)6-7-13(16)17/h10-11H,3-9H2,1-2H3,(H,16,17)/t10-,11+/m1/s1. The SMILES string of the molecule is CO[C@H](C)CC(=O)N1CCCC[C@H]1CCC(=O)O. The van der Waals surface area contributed by atoms with Gasteiger partial charge in [-0.25, -0.2) is 0 Å². The van der Waals surface area contributed by atoms with Gasteiger partial charge >= 0.3 is 5.97 Å². The predicted octanol–water partition coefficient (Wildman–Crippen LogP) is 1.66. The molecule has 0 spiro atoms.